The van der Waals surface area contributed by atoms with E-state index in [9.17, 15) is 13.2 Å². The van der Waals surface area contributed by atoms with Crippen molar-refractivity contribution < 1.29 is 22.6 Å². The summed E-state index contributed by atoms with van der Waals surface area (Å²) in [6.45, 7) is 2.55. The van der Waals surface area contributed by atoms with Crippen LogP contribution in [-0.4, -0.2) is 27.1 Å². The molecule has 1 unspecified atom stereocenters. The number of likely N-dealkylation sites (N-methyl/N-ethyl adjacent to an activating group) is 1. The van der Waals surface area contributed by atoms with Crippen molar-refractivity contribution >= 4 is 0 Å². The number of hydrogen-bond acceptors (Lipinski definition) is 3. The molecule has 0 radical (unpaired) electrons. The average Bonchev–Trinajstić information content (AvgIpc) is 2.38. The van der Waals surface area contributed by atoms with Crippen molar-refractivity contribution in [3.8, 4) is 0 Å². The molecule has 19 heavy (non-hydrogen) atoms. The van der Waals surface area contributed by atoms with Crippen molar-refractivity contribution in [3.05, 3.63) is 35.4 Å². The summed E-state index contributed by atoms with van der Waals surface area (Å²) in [4.78, 5) is 0. The van der Waals surface area contributed by atoms with E-state index >= 15 is 0 Å². The van der Waals surface area contributed by atoms with Crippen LogP contribution in [0.3, 0.4) is 0 Å². The molecule has 1 atom stereocenters. The molecular weight excluding hydrogens is 259 g/mol. The van der Waals surface area contributed by atoms with Crippen LogP contribution in [0.2, 0.25) is 0 Å². The van der Waals surface area contributed by atoms with Crippen molar-refractivity contribution in [2.75, 3.05) is 20.8 Å². The van der Waals surface area contributed by atoms with Crippen LogP contribution < -0.4 is 5.32 Å². The van der Waals surface area contributed by atoms with E-state index in [0.29, 0.717) is 12.1 Å². The summed E-state index contributed by atoms with van der Waals surface area (Å²) in [6.07, 6.45) is -4.88. The molecule has 0 spiro atoms. The monoisotopic (exact) mass is 277 g/mol. The zero-order valence-electron chi connectivity index (χ0n) is 11.1. The fourth-order valence-electron chi connectivity index (χ4n) is 1.84. The van der Waals surface area contributed by atoms with Gasteiger partial charge in [-0.3, -0.25) is 0 Å². The van der Waals surface area contributed by atoms with Crippen LogP contribution in [0, 0.1) is 0 Å². The molecule has 0 aliphatic carbocycles. The molecule has 0 aliphatic rings. The van der Waals surface area contributed by atoms with E-state index in [1.165, 1.54) is 26.4 Å². The van der Waals surface area contributed by atoms with E-state index in [2.05, 4.69) is 5.32 Å². The second kappa shape index (κ2) is 6.88. The topological polar surface area (TPSA) is 30.5 Å². The molecule has 1 aromatic carbocycles. The molecule has 3 nitrogen and oxygen atoms in total. The van der Waals surface area contributed by atoms with Crippen LogP contribution in [0.25, 0.3) is 0 Å². The second-order valence-electron chi connectivity index (χ2n) is 3.99. The van der Waals surface area contributed by atoms with Gasteiger partial charge in [0, 0.05) is 14.2 Å². The summed E-state index contributed by atoms with van der Waals surface area (Å²) in [7, 11) is 2.98. The summed E-state index contributed by atoms with van der Waals surface area (Å²) in [6, 6.07) is 4.66. The van der Waals surface area contributed by atoms with Gasteiger partial charge in [0.25, 0.3) is 0 Å². The van der Waals surface area contributed by atoms with Gasteiger partial charge < -0.3 is 14.8 Å². The van der Waals surface area contributed by atoms with Crippen LogP contribution in [0.1, 0.15) is 24.1 Å². The molecule has 0 bridgehead atoms. The third-order valence-corrected chi connectivity index (χ3v) is 2.76. The Balaban J connectivity index is 2.97. The van der Waals surface area contributed by atoms with Crippen molar-refractivity contribution in [2.45, 2.75) is 25.4 Å². The van der Waals surface area contributed by atoms with Crippen LogP contribution in [0.5, 0.6) is 0 Å². The molecule has 0 amide bonds. The van der Waals surface area contributed by atoms with Crippen LogP contribution in [-0.2, 0) is 15.7 Å². The van der Waals surface area contributed by atoms with E-state index in [0.717, 1.165) is 12.1 Å². The van der Waals surface area contributed by atoms with Gasteiger partial charge in [0.1, 0.15) is 0 Å². The van der Waals surface area contributed by atoms with Crippen molar-refractivity contribution in [2.24, 2.45) is 0 Å². The molecule has 108 valence electrons. The number of hydrogen-bond donors (Lipinski definition) is 1. The van der Waals surface area contributed by atoms with Gasteiger partial charge in [-0.05, 0) is 24.2 Å². The fourth-order valence-corrected chi connectivity index (χ4v) is 1.84. The maximum absolute atomic E-state index is 12.5. The van der Waals surface area contributed by atoms with Gasteiger partial charge in [-0.1, -0.05) is 19.1 Å². The normalized spacial score (nSPS) is 13.8. The molecule has 0 saturated carbocycles. The second-order valence-corrected chi connectivity index (χ2v) is 3.99. The molecule has 0 aliphatic heterocycles. The highest BCUT2D eigenvalue weighted by Crippen LogP contribution is 2.30. The Labute approximate surface area is 110 Å². The molecule has 0 saturated heterocycles. The number of ether oxygens (including phenoxy) is 2. The number of nitrogens with one attached hydrogen (secondary N) is 1. The highest BCUT2D eigenvalue weighted by molar-refractivity contribution is 5.27. The Morgan fingerprint density at radius 2 is 1.63 bits per heavy atom. The van der Waals surface area contributed by atoms with Crippen molar-refractivity contribution in [3.63, 3.8) is 0 Å². The Kier molecular flexibility index (Phi) is 5.78. The molecule has 6 heteroatoms. The minimum absolute atomic E-state index is 0.317. The summed E-state index contributed by atoms with van der Waals surface area (Å²) in [5, 5.41) is 3.13. The van der Waals surface area contributed by atoms with Crippen LogP contribution in [0.4, 0.5) is 13.2 Å². The predicted molar refractivity (Wildman–Crippen MR) is 65.7 cm³/mol. The first kappa shape index (κ1) is 15.9. The van der Waals surface area contributed by atoms with Crippen LogP contribution in [0.15, 0.2) is 24.3 Å². The Morgan fingerprint density at radius 3 is 2.00 bits per heavy atom. The molecule has 1 N–H and O–H groups in total. The lowest BCUT2D eigenvalue weighted by molar-refractivity contribution is -0.137. The standard InChI is InChI=1S/C13H18F3NO2/c1-4-17-11(12(18-2)19-3)9-5-7-10(8-6-9)13(14,15)16/h5-8,11-12,17H,4H2,1-3H3. The van der Waals surface area contributed by atoms with Gasteiger partial charge in [0.2, 0.25) is 0 Å². The molecule has 1 rings (SSSR count). The van der Waals surface area contributed by atoms with Crippen LogP contribution >= 0.6 is 0 Å². The maximum atomic E-state index is 12.5. The molecule has 0 fully saturated rings. The number of alkyl halides is 3. The van der Waals surface area contributed by atoms with Gasteiger partial charge in [-0.2, -0.15) is 13.2 Å². The van der Waals surface area contributed by atoms with Crippen molar-refractivity contribution in [1.82, 2.24) is 5.32 Å². The molecular formula is C13H18F3NO2. The highest BCUT2D eigenvalue weighted by atomic mass is 19.4. The lowest BCUT2D eigenvalue weighted by Crippen LogP contribution is -2.34. The summed E-state index contributed by atoms with van der Waals surface area (Å²) in [5.41, 5.74) is 0.0152. The Bertz CT molecular complexity index is 374. The SMILES string of the molecule is CCNC(c1ccc(C(F)(F)F)cc1)C(OC)OC. The van der Waals surface area contributed by atoms with Gasteiger partial charge in [0.05, 0.1) is 11.6 Å². The van der Waals surface area contributed by atoms with Gasteiger partial charge in [-0.25, -0.2) is 0 Å². The van der Waals surface area contributed by atoms with E-state index in [4.69, 9.17) is 9.47 Å². The number of rotatable bonds is 6. The number of halogens is 3. The van der Waals surface area contributed by atoms with E-state index in [1.54, 1.807) is 0 Å². The van der Waals surface area contributed by atoms with E-state index in [1.807, 2.05) is 6.92 Å². The third kappa shape index (κ3) is 4.19. The average molecular weight is 277 g/mol. The molecule has 0 heterocycles. The fraction of sp³-hybridized carbons (Fsp3) is 0.538. The Hall–Kier alpha value is -1.11. The quantitative estimate of drug-likeness (QED) is 0.811. The first-order valence-electron chi connectivity index (χ1n) is 5.90. The largest absolute Gasteiger partial charge is 0.416 e. The van der Waals surface area contributed by atoms with Gasteiger partial charge in [0.15, 0.2) is 6.29 Å². The zero-order chi connectivity index (χ0) is 14.5. The lowest BCUT2D eigenvalue weighted by atomic mass is 10.0. The summed E-state index contributed by atoms with van der Waals surface area (Å²) in [5.74, 6) is 0. The van der Waals surface area contributed by atoms with Crippen molar-refractivity contribution in [1.29, 1.82) is 0 Å². The summed E-state index contributed by atoms with van der Waals surface area (Å²) < 4.78 is 47.8. The third-order valence-electron chi connectivity index (χ3n) is 2.76. The Morgan fingerprint density at radius 1 is 1.11 bits per heavy atom. The number of methoxy groups -OCH3 is 2. The number of benzene rings is 1. The first-order chi connectivity index (χ1) is 8.93. The first-order valence-corrected chi connectivity index (χ1v) is 5.90. The lowest BCUT2D eigenvalue weighted by Gasteiger charge is -2.26. The minimum atomic E-state index is -4.33. The molecule has 0 aromatic heterocycles. The predicted octanol–water partition coefficient (Wildman–Crippen LogP) is 2.97. The highest BCUT2D eigenvalue weighted by Gasteiger charge is 2.31. The van der Waals surface area contributed by atoms with E-state index in [-0.39, 0.29) is 6.04 Å². The zero-order valence-corrected chi connectivity index (χ0v) is 11.1. The van der Waals surface area contributed by atoms with E-state index < -0.39 is 18.0 Å². The minimum Gasteiger partial charge on any atom is -0.354 e. The van der Waals surface area contributed by atoms with Gasteiger partial charge in [-0.15, -0.1) is 0 Å². The maximum Gasteiger partial charge on any atom is 0.416 e. The van der Waals surface area contributed by atoms with Gasteiger partial charge >= 0.3 is 6.18 Å². The smallest absolute Gasteiger partial charge is 0.354 e. The summed E-state index contributed by atoms with van der Waals surface area (Å²) >= 11 is 0. The molecule has 1 aromatic rings.